The molecule has 2 bridgehead atoms. The number of rotatable bonds is 2. The van der Waals surface area contributed by atoms with Crippen LogP contribution < -0.4 is 10.6 Å². The second kappa shape index (κ2) is 7.29. The molecule has 3 atom stereocenters. The first-order valence-electron chi connectivity index (χ1n) is 9.71. The maximum Gasteiger partial charge on any atom is 0.322 e. The van der Waals surface area contributed by atoms with Crippen LogP contribution in [0, 0.1) is 12.3 Å². The van der Waals surface area contributed by atoms with E-state index in [9.17, 15) is 9.59 Å². The van der Waals surface area contributed by atoms with Crippen LogP contribution in [0.25, 0.3) is 0 Å². The van der Waals surface area contributed by atoms with Gasteiger partial charge in [0.2, 0.25) is 5.91 Å². The van der Waals surface area contributed by atoms with Crippen molar-refractivity contribution in [1.29, 1.82) is 0 Å². The van der Waals surface area contributed by atoms with Crippen LogP contribution in [0.3, 0.4) is 0 Å². The molecule has 0 aliphatic carbocycles. The third kappa shape index (κ3) is 4.19. The van der Waals surface area contributed by atoms with Crippen molar-refractivity contribution in [2.24, 2.45) is 5.41 Å². The smallest absolute Gasteiger partial charge is 0.322 e. The van der Waals surface area contributed by atoms with Crippen LogP contribution in [0.5, 0.6) is 0 Å². The molecular weight excluding hydrogens is 326 g/mol. The largest absolute Gasteiger partial charge is 0.353 e. The molecule has 2 heterocycles. The molecule has 2 saturated heterocycles. The van der Waals surface area contributed by atoms with E-state index in [1.54, 1.807) is 0 Å². The fourth-order valence-electron chi connectivity index (χ4n) is 4.06. The summed E-state index contributed by atoms with van der Waals surface area (Å²) in [4.78, 5) is 27.2. The molecular formula is C21H31N3O2. The number of nitrogens with zero attached hydrogens (tertiary/aromatic N) is 1. The normalized spacial score (nSPS) is 25.5. The molecule has 1 unspecified atom stereocenters. The molecule has 5 heteroatoms. The minimum absolute atomic E-state index is 0.0100. The third-order valence-electron chi connectivity index (χ3n) is 5.53. The van der Waals surface area contributed by atoms with Crippen LogP contribution in [-0.4, -0.2) is 35.0 Å². The van der Waals surface area contributed by atoms with Gasteiger partial charge in [0.25, 0.3) is 0 Å². The molecule has 2 aliphatic rings. The minimum atomic E-state index is -0.380. The number of nitrogens with one attached hydrogen (secondary N) is 2. The van der Waals surface area contributed by atoms with Crippen LogP contribution in [-0.2, 0) is 4.79 Å². The molecule has 0 aromatic heterocycles. The fraction of sp³-hybridized carbons (Fsp3) is 0.619. The summed E-state index contributed by atoms with van der Waals surface area (Å²) in [6.07, 6.45) is 4.88. The molecule has 1 aromatic rings. The summed E-state index contributed by atoms with van der Waals surface area (Å²) in [6.45, 7) is 7.85. The van der Waals surface area contributed by atoms with E-state index in [4.69, 9.17) is 0 Å². The number of carbonyl (C=O) groups excluding carboxylic acids is 2. The van der Waals surface area contributed by atoms with Gasteiger partial charge in [-0.3, -0.25) is 4.79 Å². The van der Waals surface area contributed by atoms with Crippen molar-refractivity contribution >= 4 is 17.6 Å². The fourth-order valence-corrected chi connectivity index (χ4v) is 4.06. The molecule has 0 radical (unpaired) electrons. The Morgan fingerprint density at radius 1 is 1.04 bits per heavy atom. The van der Waals surface area contributed by atoms with E-state index < -0.39 is 0 Å². The van der Waals surface area contributed by atoms with Gasteiger partial charge in [-0.2, -0.15) is 0 Å². The number of piperidine rings is 2. The highest BCUT2D eigenvalue weighted by atomic mass is 16.2. The van der Waals surface area contributed by atoms with Crippen molar-refractivity contribution in [3.05, 3.63) is 29.8 Å². The van der Waals surface area contributed by atoms with Gasteiger partial charge in [0.1, 0.15) is 0 Å². The van der Waals surface area contributed by atoms with Crippen molar-refractivity contribution in [1.82, 2.24) is 10.2 Å². The van der Waals surface area contributed by atoms with Gasteiger partial charge in [0.15, 0.2) is 0 Å². The Hall–Kier alpha value is -2.04. The van der Waals surface area contributed by atoms with Crippen LogP contribution in [0.2, 0.25) is 0 Å². The van der Waals surface area contributed by atoms with Gasteiger partial charge in [-0.25, -0.2) is 4.79 Å². The number of aryl methyl sites for hydroxylation is 1. The van der Waals surface area contributed by atoms with Crippen molar-refractivity contribution < 1.29 is 9.59 Å². The second-order valence-corrected chi connectivity index (χ2v) is 8.83. The molecule has 3 amide bonds. The Balaban J connectivity index is 1.65. The summed E-state index contributed by atoms with van der Waals surface area (Å²) in [7, 11) is 0. The van der Waals surface area contributed by atoms with Gasteiger partial charge >= 0.3 is 6.03 Å². The highest BCUT2D eigenvalue weighted by Gasteiger charge is 2.41. The summed E-state index contributed by atoms with van der Waals surface area (Å²) in [6, 6.07) is 8.47. The predicted molar refractivity (Wildman–Crippen MR) is 104 cm³/mol. The maximum atomic E-state index is 12.9. The number of hydrogen-bond acceptors (Lipinski definition) is 2. The lowest BCUT2D eigenvalue weighted by Gasteiger charge is -2.49. The number of urea groups is 1. The zero-order chi connectivity index (χ0) is 18.9. The Labute approximate surface area is 156 Å². The molecule has 0 saturated carbocycles. The number of amides is 3. The van der Waals surface area contributed by atoms with E-state index in [0.29, 0.717) is 0 Å². The van der Waals surface area contributed by atoms with Gasteiger partial charge in [-0.1, -0.05) is 38.5 Å². The number of fused-ring (bicyclic) bond motifs is 2. The summed E-state index contributed by atoms with van der Waals surface area (Å²) in [5, 5.41) is 6.25. The summed E-state index contributed by atoms with van der Waals surface area (Å²) < 4.78 is 0. The summed E-state index contributed by atoms with van der Waals surface area (Å²) in [5.74, 6) is 0.0955. The van der Waals surface area contributed by atoms with Crippen LogP contribution in [0.1, 0.15) is 58.4 Å². The van der Waals surface area contributed by atoms with Crippen LogP contribution in [0.15, 0.2) is 24.3 Å². The quantitative estimate of drug-likeness (QED) is 0.838. The van der Waals surface area contributed by atoms with Crippen LogP contribution in [0.4, 0.5) is 10.5 Å². The Morgan fingerprint density at radius 3 is 2.15 bits per heavy atom. The van der Waals surface area contributed by atoms with E-state index in [-0.39, 0.29) is 35.5 Å². The number of carbonyl (C=O) groups is 2. The van der Waals surface area contributed by atoms with Gasteiger partial charge in [-0.15, -0.1) is 0 Å². The zero-order valence-electron chi connectivity index (χ0n) is 16.3. The SMILES string of the molecule is Cc1ccc(NC(=O)N2[C@@H]3CCC[C@H]2CC(NC(=O)C(C)(C)C)C3)cc1. The number of anilines is 1. The van der Waals surface area contributed by atoms with Crippen molar-refractivity contribution in [2.75, 3.05) is 5.32 Å². The molecule has 1 aromatic carbocycles. The molecule has 26 heavy (non-hydrogen) atoms. The second-order valence-electron chi connectivity index (χ2n) is 8.83. The topological polar surface area (TPSA) is 61.4 Å². The Morgan fingerprint density at radius 2 is 1.62 bits per heavy atom. The molecule has 0 spiro atoms. The Bertz CT molecular complexity index is 649. The van der Waals surface area contributed by atoms with E-state index in [1.807, 2.05) is 56.9 Å². The van der Waals surface area contributed by atoms with Gasteiger partial charge in [-0.05, 0) is 51.2 Å². The zero-order valence-corrected chi connectivity index (χ0v) is 16.3. The molecule has 2 fully saturated rings. The van der Waals surface area contributed by atoms with Crippen LogP contribution >= 0.6 is 0 Å². The lowest BCUT2D eigenvalue weighted by Crippen LogP contribution is -2.60. The van der Waals surface area contributed by atoms with Crippen molar-refractivity contribution in [3.8, 4) is 0 Å². The third-order valence-corrected chi connectivity index (χ3v) is 5.53. The van der Waals surface area contributed by atoms with Gasteiger partial charge in [0, 0.05) is 29.2 Å². The molecule has 2 N–H and O–H groups in total. The van der Waals surface area contributed by atoms with E-state index >= 15 is 0 Å². The average molecular weight is 357 g/mol. The van der Waals surface area contributed by atoms with Gasteiger partial charge < -0.3 is 15.5 Å². The Kier molecular flexibility index (Phi) is 5.26. The highest BCUT2D eigenvalue weighted by molar-refractivity contribution is 5.90. The molecule has 2 aliphatic heterocycles. The molecule has 3 rings (SSSR count). The monoisotopic (exact) mass is 357 g/mol. The standard InChI is InChI=1S/C21H31N3O2/c1-14-8-10-15(11-9-14)23-20(26)24-17-6-5-7-18(24)13-16(12-17)22-19(25)21(2,3)4/h8-11,16-18H,5-7,12-13H2,1-4H3,(H,22,25)(H,23,26)/t16?,17-,18+. The summed E-state index contributed by atoms with van der Waals surface area (Å²) >= 11 is 0. The average Bonchev–Trinajstić information content (AvgIpc) is 2.55. The number of benzene rings is 1. The lowest BCUT2D eigenvalue weighted by molar-refractivity contribution is -0.129. The van der Waals surface area contributed by atoms with E-state index in [2.05, 4.69) is 10.6 Å². The first kappa shape index (κ1) is 18.7. The number of hydrogen-bond donors (Lipinski definition) is 2. The maximum absolute atomic E-state index is 12.9. The predicted octanol–water partition coefficient (Wildman–Crippen LogP) is 4.07. The molecule has 5 nitrogen and oxygen atoms in total. The van der Waals surface area contributed by atoms with Gasteiger partial charge in [0.05, 0.1) is 0 Å². The lowest BCUT2D eigenvalue weighted by atomic mass is 9.81. The van der Waals surface area contributed by atoms with Crippen molar-refractivity contribution in [2.45, 2.75) is 77.9 Å². The molecule has 142 valence electrons. The minimum Gasteiger partial charge on any atom is -0.353 e. The van der Waals surface area contributed by atoms with E-state index in [0.717, 1.165) is 37.8 Å². The highest BCUT2D eigenvalue weighted by Crippen LogP contribution is 2.35. The first-order valence-corrected chi connectivity index (χ1v) is 9.71. The van der Waals surface area contributed by atoms with Crippen molar-refractivity contribution in [3.63, 3.8) is 0 Å². The van der Waals surface area contributed by atoms with E-state index in [1.165, 1.54) is 5.56 Å². The summed E-state index contributed by atoms with van der Waals surface area (Å²) in [5.41, 5.74) is 1.63. The first-order chi connectivity index (χ1) is 12.2.